The molecule has 0 spiro atoms. The van der Waals surface area contributed by atoms with Crippen molar-refractivity contribution in [2.24, 2.45) is 0 Å². The summed E-state index contributed by atoms with van der Waals surface area (Å²) < 4.78 is 44.0. The molecular formula is C14H16BrF3N2O2. The Morgan fingerprint density at radius 1 is 1.32 bits per heavy atom. The first kappa shape index (κ1) is 17.2. The lowest BCUT2D eigenvalue weighted by Gasteiger charge is -2.34. The minimum Gasteiger partial charge on any atom is -0.368 e. The monoisotopic (exact) mass is 380 g/mol. The third-order valence-electron chi connectivity index (χ3n) is 3.70. The molecule has 0 aliphatic carbocycles. The second-order valence-electron chi connectivity index (χ2n) is 5.13. The quantitative estimate of drug-likeness (QED) is 0.846. The molecular weight excluding hydrogens is 365 g/mol. The lowest BCUT2D eigenvalue weighted by molar-refractivity contribution is -0.141. The highest BCUT2D eigenvalue weighted by atomic mass is 79.9. The Hall–Kier alpha value is -1.12. The topological polar surface area (TPSA) is 50.4 Å². The maximum Gasteiger partial charge on any atom is 0.416 e. The molecule has 1 amide bonds. The first-order valence-corrected chi connectivity index (χ1v) is 7.51. The predicted molar refractivity (Wildman–Crippen MR) is 79.6 cm³/mol. The zero-order chi connectivity index (χ0) is 16.4. The molecule has 1 heterocycles. The molecule has 22 heavy (non-hydrogen) atoms. The summed E-state index contributed by atoms with van der Waals surface area (Å²) >= 11 is 3.03. The number of alkyl halides is 3. The van der Waals surface area contributed by atoms with E-state index in [4.69, 9.17) is 4.74 Å². The third kappa shape index (κ3) is 3.80. The Balaban J connectivity index is 2.22. The second-order valence-corrected chi connectivity index (χ2v) is 6.04. The summed E-state index contributed by atoms with van der Waals surface area (Å²) in [5, 5.41) is 5.65. The molecule has 1 saturated heterocycles. The number of hydrogen-bond donors (Lipinski definition) is 2. The van der Waals surface area contributed by atoms with Gasteiger partial charge in [0.25, 0.3) is 5.91 Å². The van der Waals surface area contributed by atoms with Crippen LogP contribution in [0.1, 0.15) is 18.4 Å². The molecule has 1 aliphatic rings. The highest BCUT2D eigenvalue weighted by molar-refractivity contribution is 9.10. The van der Waals surface area contributed by atoms with Gasteiger partial charge in [-0.25, -0.2) is 0 Å². The van der Waals surface area contributed by atoms with Gasteiger partial charge in [0.1, 0.15) is 5.60 Å². The van der Waals surface area contributed by atoms with Crippen molar-refractivity contribution in [2.75, 3.05) is 25.5 Å². The Morgan fingerprint density at radius 3 is 2.50 bits per heavy atom. The van der Waals surface area contributed by atoms with Crippen LogP contribution in [0.2, 0.25) is 0 Å². The molecule has 0 saturated carbocycles. The third-order valence-corrected chi connectivity index (χ3v) is 4.16. The number of ether oxygens (including phenoxy) is 1. The minimum absolute atomic E-state index is 0.0849. The van der Waals surface area contributed by atoms with Gasteiger partial charge >= 0.3 is 6.18 Å². The lowest BCUT2D eigenvalue weighted by Crippen LogP contribution is -2.51. The summed E-state index contributed by atoms with van der Waals surface area (Å²) in [6.45, 7) is 1.24. The van der Waals surface area contributed by atoms with Crippen LogP contribution >= 0.6 is 15.9 Å². The maximum absolute atomic E-state index is 12.8. The Morgan fingerprint density at radius 2 is 1.95 bits per heavy atom. The Kier molecular flexibility index (Phi) is 5.14. The molecule has 0 unspecified atom stereocenters. The number of carbonyl (C=O) groups is 1. The van der Waals surface area contributed by atoms with E-state index < -0.39 is 23.2 Å². The second kappa shape index (κ2) is 6.55. The van der Waals surface area contributed by atoms with Crippen molar-refractivity contribution in [3.63, 3.8) is 0 Å². The summed E-state index contributed by atoms with van der Waals surface area (Å²) in [5.74, 6) is -0.428. The van der Waals surface area contributed by atoms with Gasteiger partial charge in [0, 0.05) is 17.3 Å². The number of piperidine rings is 1. The van der Waals surface area contributed by atoms with Gasteiger partial charge in [-0.05, 0) is 44.1 Å². The zero-order valence-corrected chi connectivity index (χ0v) is 13.5. The molecule has 122 valence electrons. The summed E-state index contributed by atoms with van der Waals surface area (Å²) in [6, 6.07) is 3.30. The van der Waals surface area contributed by atoms with Crippen molar-refractivity contribution in [2.45, 2.75) is 24.6 Å². The van der Waals surface area contributed by atoms with Gasteiger partial charge in [-0.1, -0.05) is 15.9 Å². The van der Waals surface area contributed by atoms with E-state index in [1.807, 2.05) is 0 Å². The lowest BCUT2D eigenvalue weighted by atomic mass is 9.91. The van der Waals surface area contributed by atoms with Gasteiger partial charge in [-0.3, -0.25) is 4.79 Å². The van der Waals surface area contributed by atoms with Gasteiger partial charge in [0.2, 0.25) is 0 Å². The number of methoxy groups -OCH3 is 1. The molecule has 1 aliphatic heterocycles. The Labute approximate surface area is 134 Å². The van der Waals surface area contributed by atoms with Gasteiger partial charge in [-0.2, -0.15) is 13.2 Å². The van der Waals surface area contributed by atoms with Crippen LogP contribution in [0.25, 0.3) is 0 Å². The summed E-state index contributed by atoms with van der Waals surface area (Å²) in [7, 11) is 1.44. The molecule has 2 rings (SSSR count). The van der Waals surface area contributed by atoms with Crippen LogP contribution in [0.4, 0.5) is 18.9 Å². The standard InChI is InChI=1S/C14H16BrF3N2O2/c1-22-13(2-4-19-5-3-13)12(21)20-11-7-9(14(16,17)18)6-10(15)8-11/h6-8,19H,2-5H2,1H3,(H,20,21). The number of carbonyl (C=O) groups excluding carboxylic acids is 1. The average Bonchev–Trinajstić information content (AvgIpc) is 2.46. The van der Waals surface area contributed by atoms with E-state index >= 15 is 0 Å². The molecule has 0 bridgehead atoms. The van der Waals surface area contributed by atoms with Crippen molar-refractivity contribution in [1.29, 1.82) is 0 Å². The SMILES string of the molecule is COC1(C(=O)Nc2cc(Br)cc(C(F)(F)F)c2)CCNCC1. The molecule has 0 atom stereocenters. The van der Waals surface area contributed by atoms with Crippen LogP contribution in [0, 0.1) is 0 Å². The van der Waals surface area contributed by atoms with Crippen molar-refractivity contribution >= 4 is 27.5 Å². The van der Waals surface area contributed by atoms with E-state index in [2.05, 4.69) is 26.6 Å². The van der Waals surface area contributed by atoms with Gasteiger partial charge in [0.15, 0.2) is 0 Å². The van der Waals surface area contributed by atoms with Crippen LogP contribution in [-0.4, -0.2) is 31.7 Å². The van der Waals surface area contributed by atoms with Crippen molar-refractivity contribution in [1.82, 2.24) is 5.32 Å². The maximum atomic E-state index is 12.8. The first-order chi connectivity index (χ1) is 10.3. The number of halogens is 4. The van der Waals surface area contributed by atoms with Gasteiger partial charge in [-0.15, -0.1) is 0 Å². The molecule has 1 aromatic rings. The number of anilines is 1. The zero-order valence-electron chi connectivity index (χ0n) is 11.9. The molecule has 0 aromatic heterocycles. The number of hydrogen-bond acceptors (Lipinski definition) is 3. The molecule has 8 heteroatoms. The van der Waals surface area contributed by atoms with Gasteiger partial charge in [0.05, 0.1) is 5.56 Å². The minimum atomic E-state index is -4.48. The van der Waals surface area contributed by atoms with E-state index in [0.29, 0.717) is 25.9 Å². The van der Waals surface area contributed by atoms with Crippen molar-refractivity contribution < 1.29 is 22.7 Å². The van der Waals surface area contributed by atoms with E-state index in [1.165, 1.54) is 13.2 Å². The van der Waals surface area contributed by atoms with Crippen molar-refractivity contribution in [3.8, 4) is 0 Å². The highest BCUT2D eigenvalue weighted by Gasteiger charge is 2.40. The summed E-state index contributed by atoms with van der Waals surface area (Å²) in [5.41, 5.74) is -1.75. The van der Waals surface area contributed by atoms with Crippen LogP contribution in [-0.2, 0) is 15.7 Å². The number of rotatable bonds is 3. The van der Waals surface area contributed by atoms with Crippen LogP contribution in [0.15, 0.2) is 22.7 Å². The van der Waals surface area contributed by atoms with Gasteiger partial charge < -0.3 is 15.4 Å². The fourth-order valence-electron chi connectivity index (χ4n) is 2.42. The summed E-state index contributed by atoms with van der Waals surface area (Å²) in [4.78, 5) is 12.4. The molecule has 1 fully saturated rings. The molecule has 1 aromatic carbocycles. The predicted octanol–water partition coefficient (Wildman–Crippen LogP) is 3.18. The van der Waals surface area contributed by atoms with E-state index in [-0.39, 0.29) is 10.2 Å². The highest BCUT2D eigenvalue weighted by Crippen LogP contribution is 2.34. The van der Waals surface area contributed by atoms with Crippen molar-refractivity contribution in [3.05, 3.63) is 28.2 Å². The van der Waals surface area contributed by atoms with Crippen LogP contribution in [0.5, 0.6) is 0 Å². The molecule has 4 nitrogen and oxygen atoms in total. The molecule has 2 N–H and O–H groups in total. The number of benzene rings is 1. The largest absolute Gasteiger partial charge is 0.416 e. The van der Waals surface area contributed by atoms with Crippen LogP contribution in [0.3, 0.4) is 0 Å². The Bertz CT molecular complexity index is 558. The normalized spacial score (nSPS) is 18.0. The summed E-state index contributed by atoms with van der Waals surface area (Å²) in [6.07, 6.45) is -3.54. The number of nitrogens with one attached hydrogen (secondary N) is 2. The fraction of sp³-hybridized carbons (Fsp3) is 0.500. The first-order valence-electron chi connectivity index (χ1n) is 6.72. The van der Waals surface area contributed by atoms with Crippen LogP contribution < -0.4 is 10.6 Å². The average molecular weight is 381 g/mol. The smallest absolute Gasteiger partial charge is 0.368 e. The molecule has 0 radical (unpaired) electrons. The fourth-order valence-corrected chi connectivity index (χ4v) is 2.92. The van der Waals surface area contributed by atoms with E-state index in [1.54, 1.807) is 0 Å². The van der Waals surface area contributed by atoms with E-state index in [0.717, 1.165) is 12.1 Å². The van der Waals surface area contributed by atoms with E-state index in [9.17, 15) is 18.0 Å². The number of amides is 1.